The Balaban J connectivity index is 2.05. The summed E-state index contributed by atoms with van der Waals surface area (Å²) in [5.41, 5.74) is 0.889. The Hall–Kier alpha value is -2.42. The van der Waals surface area contributed by atoms with E-state index in [1.807, 2.05) is 43.3 Å². The fourth-order valence-electron chi connectivity index (χ4n) is 1.88. The van der Waals surface area contributed by atoms with Gasteiger partial charge in [-0.3, -0.25) is 0 Å². The van der Waals surface area contributed by atoms with E-state index in [4.69, 9.17) is 4.74 Å². The molecule has 0 radical (unpaired) electrons. The maximum atomic E-state index is 5.82. The Kier molecular flexibility index (Phi) is 2.65. The van der Waals surface area contributed by atoms with Crippen LogP contribution in [0.1, 0.15) is 5.69 Å². The van der Waals surface area contributed by atoms with Gasteiger partial charge in [0.25, 0.3) is 0 Å². The summed E-state index contributed by atoms with van der Waals surface area (Å²) in [6.45, 7) is 1.91. The number of nitrogens with zero attached hydrogens (tertiary/aromatic N) is 2. The highest BCUT2D eigenvalue weighted by Gasteiger charge is 2.03. The minimum absolute atomic E-state index is 0.568. The molecule has 3 heteroatoms. The molecule has 1 heterocycles. The summed E-state index contributed by atoms with van der Waals surface area (Å²) in [6.07, 6.45) is 1.51. The van der Waals surface area contributed by atoms with Gasteiger partial charge in [-0.05, 0) is 18.4 Å². The van der Waals surface area contributed by atoms with Gasteiger partial charge in [-0.15, -0.1) is 0 Å². The van der Waals surface area contributed by atoms with E-state index in [2.05, 4.69) is 22.1 Å². The molecule has 0 fully saturated rings. The van der Waals surface area contributed by atoms with Crippen molar-refractivity contribution in [2.75, 3.05) is 0 Å². The highest BCUT2D eigenvalue weighted by molar-refractivity contribution is 5.88. The van der Waals surface area contributed by atoms with Crippen LogP contribution in [0.25, 0.3) is 10.8 Å². The van der Waals surface area contributed by atoms with Crippen LogP contribution in [-0.2, 0) is 0 Å². The van der Waals surface area contributed by atoms with Crippen molar-refractivity contribution in [2.45, 2.75) is 6.92 Å². The van der Waals surface area contributed by atoms with Crippen molar-refractivity contribution in [2.24, 2.45) is 0 Å². The van der Waals surface area contributed by atoms with Crippen LogP contribution in [0.5, 0.6) is 11.6 Å². The molecule has 0 aliphatic carbocycles. The molecule has 0 amide bonds. The molecule has 0 unspecified atom stereocenters. The van der Waals surface area contributed by atoms with E-state index >= 15 is 0 Å². The smallest absolute Gasteiger partial charge is 0.222 e. The average Bonchev–Trinajstić information content (AvgIpc) is 2.39. The maximum Gasteiger partial charge on any atom is 0.222 e. The van der Waals surface area contributed by atoms with Gasteiger partial charge in [-0.1, -0.05) is 36.4 Å². The first-order valence-electron chi connectivity index (χ1n) is 5.77. The van der Waals surface area contributed by atoms with Crippen molar-refractivity contribution >= 4 is 10.8 Å². The van der Waals surface area contributed by atoms with E-state index in [9.17, 15) is 0 Å². The second kappa shape index (κ2) is 4.45. The number of hydrogen-bond donors (Lipinski definition) is 0. The lowest BCUT2D eigenvalue weighted by Crippen LogP contribution is -1.91. The molecule has 0 spiro atoms. The number of aromatic nitrogens is 2. The van der Waals surface area contributed by atoms with Crippen LogP contribution >= 0.6 is 0 Å². The van der Waals surface area contributed by atoms with Gasteiger partial charge in [-0.25, -0.2) is 9.97 Å². The fraction of sp³-hybridized carbons (Fsp3) is 0.0667. The Morgan fingerprint density at radius 2 is 1.78 bits per heavy atom. The van der Waals surface area contributed by atoms with Crippen molar-refractivity contribution in [1.82, 2.24) is 9.97 Å². The van der Waals surface area contributed by atoms with Gasteiger partial charge >= 0.3 is 0 Å². The van der Waals surface area contributed by atoms with E-state index in [0.717, 1.165) is 22.2 Å². The van der Waals surface area contributed by atoms with Crippen LogP contribution in [0.15, 0.2) is 54.9 Å². The molecule has 0 N–H and O–H groups in total. The van der Waals surface area contributed by atoms with E-state index in [0.29, 0.717) is 5.88 Å². The third-order valence-corrected chi connectivity index (χ3v) is 2.74. The largest absolute Gasteiger partial charge is 0.438 e. The van der Waals surface area contributed by atoms with E-state index in [1.165, 1.54) is 6.33 Å². The number of rotatable bonds is 2. The first-order chi connectivity index (χ1) is 8.83. The second-order valence-corrected chi connectivity index (χ2v) is 4.08. The van der Waals surface area contributed by atoms with Crippen LogP contribution < -0.4 is 4.74 Å². The Morgan fingerprint density at radius 1 is 0.944 bits per heavy atom. The van der Waals surface area contributed by atoms with Gasteiger partial charge in [0, 0.05) is 17.1 Å². The van der Waals surface area contributed by atoms with Gasteiger partial charge in [0.1, 0.15) is 12.1 Å². The molecule has 0 saturated carbocycles. The first kappa shape index (κ1) is 10.7. The third-order valence-electron chi connectivity index (χ3n) is 2.74. The summed E-state index contributed by atoms with van der Waals surface area (Å²) >= 11 is 0. The van der Waals surface area contributed by atoms with Crippen molar-refractivity contribution < 1.29 is 4.74 Å². The zero-order valence-electron chi connectivity index (χ0n) is 10.00. The van der Waals surface area contributed by atoms with Gasteiger partial charge < -0.3 is 4.74 Å². The molecule has 0 saturated heterocycles. The normalized spacial score (nSPS) is 10.5. The molecule has 3 nitrogen and oxygen atoms in total. The Labute approximate surface area is 105 Å². The van der Waals surface area contributed by atoms with Crippen LogP contribution in [0.4, 0.5) is 0 Å². The van der Waals surface area contributed by atoms with Crippen molar-refractivity contribution in [3.63, 3.8) is 0 Å². The molecule has 2 aromatic carbocycles. The van der Waals surface area contributed by atoms with Crippen LogP contribution in [-0.4, -0.2) is 9.97 Å². The molecule has 0 atom stereocenters. The van der Waals surface area contributed by atoms with Crippen molar-refractivity contribution in [1.29, 1.82) is 0 Å². The van der Waals surface area contributed by atoms with E-state index < -0.39 is 0 Å². The fourth-order valence-corrected chi connectivity index (χ4v) is 1.88. The third kappa shape index (κ3) is 2.02. The molecule has 3 rings (SSSR count). The molecule has 1 aromatic heterocycles. The van der Waals surface area contributed by atoms with Gasteiger partial charge in [0.15, 0.2) is 0 Å². The zero-order valence-corrected chi connectivity index (χ0v) is 10.00. The highest BCUT2D eigenvalue weighted by atomic mass is 16.5. The molecular weight excluding hydrogens is 224 g/mol. The predicted octanol–water partition coefficient (Wildman–Crippen LogP) is 3.73. The number of fused-ring (bicyclic) bond motifs is 1. The van der Waals surface area contributed by atoms with E-state index in [-0.39, 0.29) is 0 Å². The monoisotopic (exact) mass is 236 g/mol. The van der Waals surface area contributed by atoms with Crippen LogP contribution in [0.2, 0.25) is 0 Å². The molecule has 3 aromatic rings. The SMILES string of the molecule is Cc1cc(Oc2cccc3ccccc23)ncn1. The summed E-state index contributed by atoms with van der Waals surface area (Å²) in [4.78, 5) is 8.16. The summed E-state index contributed by atoms with van der Waals surface area (Å²) in [5.74, 6) is 1.38. The lowest BCUT2D eigenvalue weighted by atomic mass is 10.1. The molecule has 18 heavy (non-hydrogen) atoms. The Bertz CT molecular complexity index is 689. The molecule has 88 valence electrons. The standard InChI is InChI=1S/C15H12N2O/c1-11-9-15(17-10-16-11)18-14-8-4-6-12-5-2-3-7-13(12)14/h2-10H,1H3. The van der Waals surface area contributed by atoms with Crippen LogP contribution in [0, 0.1) is 6.92 Å². The van der Waals surface area contributed by atoms with E-state index in [1.54, 1.807) is 0 Å². The van der Waals surface area contributed by atoms with Crippen LogP contribution in [0.3, 0.4) is 0 Å². The van der Waals surface area contributed by atoms with Crippen molar-refractivity contribution in [3.05, 3.63) is 60.6 Å². The zero-order chi connectivity index (χ0) is 12.4. The minimum Gasteiger partial charge on any atom is -0.438 e. The minimum atomic E-state index is 0.568. The summed E-state index contributed by atoms with van der Waals surface area (Å²) in [6, 6.07) is 15.9. The molecule has 0 aliphatic heterocycles. The second-order valence-electron chi connectivity index (χ2n) is 4.08. The van der Waals surface area contributed by atoms with Gasteiger partial charge in [0.05, 0.1) is 0 Å². The quantitative estimate of drug-likeness (QED) is 0.680. The number of hydrogen-bond acceptors (Lipinski definition) is 3. The molecule has 0 bridgehead atoms. The average molecular weight is 236 g/mol. The summed E-state index contributed by atoms with van der Waals surface area (Å²) < 4.78 is 5.82. The van der Waals surface area contributed by atoms with Gasteiger partial charge in [-0.2, -0.15) is 0 Å². The molecule has 0 aliphatic rings. The predicted molar refractivity (Wildman–Crippen MR) is 70.8 cm³/mol. The lowest BCUT2D eigenvalue weighted by molar-refractivity contribution is 0.466. The topological polar surface area (TPSA) is 35.0 Å². The summed E-state index contributed by atoms with van der Waals surface area (Å²) in [5, 5.41) is 2.23. The number of ether oxygens (including phenoxy) is 1. The van der Waals surface area contributed by atoms with Crippen molar-refractivity contribution in [3.8, 4) is 11.6 Å². The molecular formula is C15H12N2O. The number of benzene rings is 2. The lowest BCUT2D eigenvalue weighted by Gasteiger charge is -2.07. The maximum absolute atomic E-state index is 5.82. The highest BCUT2D eigenvalue weighted by Crippen LogP contribution is 2.28. The van der Waals surface area contributed by atoms with Gasteiger partial charge in [0.2, 0.25) is 5.88 Å². The first-order valence-corrected chi connectivity index (χ1v) is 5.77. The number of aryl methyl sites for hydroxylation is 1. The summed E-state index contributed by atoms with van der Waals surface area (Å²) in [7, 11) is 0. The Morgan fingerprint density at radius 3 is 2.67 bits per heavy atom.